The van der Waals surface area contributed by atoms with Crippen LogP contribution < -0.4 is 10.2 Å². The van der Waals surface area contributed by atoms with E-state index in [0.717, 1.165) is 23.4 Å². The molecule has 0 aliphatic heterocycles. The van der Waals surface area contributed by atoms with Gasteiger partial charge in [-0.3, -0.25) is 4.79 Å². The third kappa shape index (κ3) is 4.71. The van der Waals surface area contributed by atoms with Gasteiger partial charge in [0.05, 0.1) is 12.2 Å². The SMILES string of the molecule is O=C(CCNc1ccc(F)c(F)c1F)N(Cc1ccccc1)c1ccccc1. The van der Waals surface area contributed by atoms with Crippen molar-refractivity contribution in [1.82, 2.24) is 0 Å². The maximum absolute atomic E-state index is 13.7. The quantitative estimate of drug-likeness (QED) is 0.572. The van der Waals surface area contributed by atoms with Crippen molar-refractivity contribution in [3.05, 3.63) is 95.8 Å². The fourth-order valence-corrected chi connectivity index (χ4v) is 2.80. The number of nitrogens with one attached hydrogen (secondary N) is 1. The van der Waals surface area contributed by atoms with Crippen molar-refractivity contribution >= 4 is 17.3 Å². The number of hydrogen-bond donors (Lipinski definition) is 1. The Morgan fingerprint density at radius 2 is 1.46 bits per heavy atom. The molecule has 0 radical (unpaired) electrons. The van der Waals surface area contributed by atoms with E-state index in [1.165, 1.54) is 0 Å². The number of benzene rings is 3. The van der Waals surface area contributed by atoms with Crippen molar-refractivity contribution in [2.75, 3.05) is 16.8 Å². The minimum atomic E-state index is -1.54. The van der Waals surface area contributed by atoms with E-state index in [1.54, 1.807) is 4.90 Å². The molecule has 0 atom stereocenters. The molecule has 3 aromatic carbocycles. The second kappa shape index (κ2) is 9.08. The molecule has 0 fully saturated rings. The highest BCUT2D eigenvalue weighted by Gasteiger charge is 2.17. The van der Waals surface area contributed by atoms with Gasteiger partial charge in [0, 0.05) is 18.7 Å². The summed E-state index contributed by atoms with van der Waals surface area (Å²) in [6, 6.07) is 20.7. The van der Waals surface area contributed by atoms with Gasteiger partial charge in [-0.2, -0.15) is 0 Å². The normalized spacial score (nSPS) is 10.5. The van der Waals surface area contributed by atoms with Crippen LogP contribution in [-0.2, 0) is 11.3 Å². The Morgan fingerprint density at radius 1 is 0.821 bits per heavy atom. The van der Waals surface area contributed by atoms with Gasteiger partial charge in [0.2, 0.25) is 5.91 Å². The number of carbonyl (C=O) groups is 1. The molecule has 0 unspecified atom stereocenters. The maximum atomic E-state index is 13.7. The first-order valence-electron chi connectivity index (χ1n) is 8.83. The van der Waals surface area contributed by atoms with Crippen LogP contribution in [0.5, 0.6) is 0 Å². The molecule has 3 aromatic rings. The number of rotatable bonds is 7. The van der Waals surface area contributed by atoms with Crippen LogP contribution in [0.25, 0.3) is 0 Å². The van der Waals surface area contributed by atoms with Crippen LogP contribution in [0.3, 0.4) is 0 Å². The third-order valence-electron chi connectivity index (χ3n) is 4.24. The molecular weight excluding hydrogens is 365 g/mol. The molecule has 3 nitrogen and oxygen atoms in total. The summed E-state index contributed by atoms with van der Waals surface area (Å²) >= 11 is 0. The average Bonchev–Trinajstić information content (AvgIpc) is 2.73. The Balaban J connectivity index is 1.69. The number of carbonyl (C=O) groups excluding carboxylic acids is 1. The zero-order valence-electron chi connectivity index (χ0n) is 15.0. The average molecular weight is 384 g/mol. The van der Waals surface area contributed by atoms with Crippen molar-refractivity contribution in [1.29, 1.82) is 0 Å². The van der Waals surface area contributed by atoms with E-state index in [0.29, 0.717) is 6.54 Å². The zero-order chi connectivity index (χ0) is 19.9. The topological polar surface area (TPSA) is 32.3 Å². The lowest BCUT2D eigenvalue weighted by Crippen LogP contribution is -2.31. The Bertz CT molecular complexity index is 933. The number of nitrogens with zero attached hydrogens (tertiary/aromatic N) is 1. The molecule has 0 bridgehead atoms. The predicted octanol–water partition coefficient (Wildman–Crippen LogP) is 5.14. The summed E-state index contributed by atoms with van der Waals surface area (Å²) < 4.78 is 40.0. The summed E-state index contributed by atoms with van der Waals surface area (Å²) in [6.45, 7) is 0.474. The van der Waals surface area contributed by atoms with Gasteiger partial charge in [-0.1, -0.05) is 48.5 Å². The van der Waals surface area contributed by atoms with Crippen molar-refractivity contribution in [3.8, 4) is 0 Å². The monoisotopic (exact) mass is 384 g/mol. The number of anilines is 2. The summed E-state index contributed by atoms with van der Waals surface area (Å²) in [5, 5.41) is 2.65. The van der Waals surface area contributed by atoms with Gasteiger partial charge in [-0.25, -0.2) is 13.2 Å². The standard InChI is InChI=1S/C22H19F3N2O/c23-18-11-12-19(22(25)21(18)24)26-14-13-20(28)27(17-9-5-2-6-10-17)15-16-7-3-1-4-8-16/h1-12,26H,13-15H2. The second-order valence-corrected chi connectivity index (χ2v) is 6.20. The van der Waals surface area contributed by atoms with E-state index in [-0.39, 0.29) is 24.6 Å². The summed E-state index contributed by atoms with van der Waals surface area (Å²) in [5.41, 5.74) is 1.54. The van der Waals surface area contributed by atoms with Crippen LogP contribution in [0, 0.1) is 17.5 Å². The first kappa shape index (κ1) is 19.5. The Kier molecular flexibility index (Phi) is 6.32. The highest BCUT2D eigenvalue weighted by molar-refractivity contribution is 5.93. The fourth-order valence-electron chi connectivity index (χ4n) is 2.80. The van der Waals surface area contributed by atoms with Gasteiger partial charge in [-0.15, -0.1) is 0 Å². The van der Waals surface area contributed by atoms with E-state index in [1.807, 2.05) is 60.7 Å². The zero-order valence-corrected chi connectivity index (χ0v) is 15.0. The van der Waals surface area contributed by atoms with Crippen LogP contribution >= 0.6 is 0 Å². The largest absolute Gasteiger partial charge is 0.382 e. The van der Waals surface area contributed by atoms with E-state index in [9.17, 15) is 18.0 Å². The minimum absolute atomic E-state index is 0.0557. The van der Waals surface area contributed by atoms with E-state index < -0.39 is 17.5 Å². The molecule has 0 heterocycles. The minimum Gasteiger partial charge on any atom is -0.382 e. The number of amides is 1. The molecule has 0 saturated heterocycles. The maximum Gasteiger partial charge on any atom is 0.229 e. The van der Waals surface area contributed by atoms with Gasteiger partial charge >= 0.3 is 0 Å². The van der Waals surface area contributed by atoms with Gasteiger partial charge in [0.25, 0.3) is 0 Å². The van der Waals surface area contributed by atoms with Crippen LogP contribution in [0.4, 0.5) is 24.5 Å². The fraction of sp³-hybridized carbons (Fsp3) is 0.136. The smallest absolute Gasteiger partial charge is 0.229 e. The highest BCUT2D eigenvalue weighted by atomic mass is 19.2. The van der Waals surface area contributed by atoms with Crippen LogP contribution in [-0.4, -0.2) is 12.5 Å². The molecule has 6 heteroatoms. The molecule has 1 amide bonds. The first-order valence-corrected chi connectivity index (χ1v) is 8.83. The second-order valence-electron chi connectivity index (χ2n) is 6.20. The van der Waals surface area contributed by atoms with Crippen LogP contribution in [0.1, 0.15) is 12.0 Å². The van der Waals surface area contributed by atoms with E-state index in [2.05, 4.69) is 5.32 Å². The lowest BCUT2D eigenvalue weighted by atomic mass is 10.2. The van der Waals surface area contributed by atoms with Crippen molar-refractivity contribution < 1.29 is 18.0 Å². The Hall–Kier alpha value is -3.28. The third-order valence-corrected chi connectivity index (χ3v) is 4.24. The number of halogens is 3. The number of para-hydroxylation sites is 1. The van der Waals surface area contributed by atoms with Crippen molar-refractivity contribution in [2.24, 2.45) is 0 Å². The number of hydrogen-bond acceptors (Lipinski definition) is 2. The summed E-state index contributed by atoms with van der Waals surface area (Å²) in [4.78, 5) is 14.4. The summed E-state index contributed by atoms with van der Waals surface area (Å²) in [7, 11) is 0. The molecular formula is C22H19F3N2O. The molecule has 0 aliphatic carbocycles. The lowest BCUT2D eigenvalue weighted by molar-refractivity contribution is -0.118. The molecule has 1 N–H and O–H groups in total. The van der Waals surface area contributed by atoms with E-state index >= 15 is 0 Å². The molecule has 3 rings (SSSR count). The van der Waals surface area contributed by atoms with Gasteiger partial charge in [-0.05, 0) is 29.8 Å². The molecule has 0 aromatic heterocycles. The predicted molar refractivity (Wildman–Crippen MR) is 103 cm³/mol. The molecule has 0 spiro atoms. The van der Waals surface area contributed by atoms with E-state index in [4.69, 9.17) is 0 Å². The summed E-state index contributed by atoms with van der Waals surface area (Å²) in [5.74, 6) is -4.26. The molecule has 0 saturated carbocycles. The van der Waals surface area contributed by atoms with Gasteiger partial charge < -0.3 is 10.2 Å². The van der Waals surface area contributed by atoms with Crippen molar-refractivity contribution in [2.45, 2.75) is 13.0 Å². The van der Waals surface area contributed by atoms with Crippen molar-refractivity contribution in [3.63, 3.8) is 0 Å². The highest BCUT2D eigenvalue weighted by Crippen LogP contribution is 2.21. The lowest BCUT2D eigenvalue weighted by Gasteiger charge is -2.23. The Morgan fingerprint density at radius 3 is 2.14 bits per heavy atom. The summed E-state index contributed by atoms with van der Waals surface area (Å²) in [6.07, 6.45) is 0.0557. The van der Waals surface area contributed by atoms with Crippen LogP contribution in [0.2, 0.25) is 0 Å². The van der Waals surface area contributed by atoms with Crippen LogP contribution in [0.15, 0.2) is 72.8 Å². The molecule has 28 heavy (non-hydrogen) atoms. The molecule has 0 aliphatic rings. The first-order chi connectivity index (χ1) is 13.6. The van der Waals surface area contributed by atoms with Gasteiger partial charge in [0.1, 0.15) is 0 Å². The molecule has 144 valence electrons. The Labute approximate surface area is 161 Å². The van der Waals surface area contributed by atoms with Gasteiger partial charge in [0.15, 0.2) is 17.5 Å².